The Hall–Kier alpha value is -2.79. The lowest BCUT2D eigenvalue weighted by Crippen LogP contribution is -2.39. The number of nitrogens with one attached hydrogen (secondary N) is 1. The minimum Gasteiger partial charge on any atom is -0.454 e. The molecular weight excluding hydrogens is 338 g/mol. The smallest absolute Gasteiger partial charge is 0.231 e. The Kier molecular flexibility index (Phi) is 3.32. The normalized spacial score (nSPS) is 18.5. The van der Waals surface area contributed by atoms with Gasteiger partial charge in [0.1, 0.15) is 0 Å². The van der Waals surface area contributed by atoms with E-state index in [9.17, 15) is 0 Å². The highest BCUT2D eigenvalue weighted by Gasteiger charge is 2.31. The molecule has 2 aliphatic heterocycles. The number of hydrogen-bond donors (Lipinski definition) is 1. The van der Waals surface area contributed by atoms with Crippen LogP contribution in [-0.2, 0) is 25.8 Å². The number of aromatic amines is 1. The molecule has 3 heterocycles. The maximum atomic E-state index is 5.55. The van der Waals surface area contributed by atoms with Crippen LogP contribution >= 0.6 is 0 Å². The van der Waals surface area contributed by atoms with E-state index in [1.165, 1.54) is 22.4 Å². The molecule has 0 saturated heterocycles. The van der Waals surface area contributed by atoms with Crippen LogP contribution in [0.15, 0.2) is 42.5 Å². The number of ether oxygens (including phenoxy) is 2. The Bertz CT molecular complexity index is 1000. The van der Waals surface area contributed by atoms with Gasteiger partial charge < -0.3 is 9.47 Å². The van der Waals surface area contributed by atoms with Crippen LogP contribution in [0, 0.1) is 0 Å². The van der Waals surface area contributed by atoms with Crippen LogP contribution in [0.5, 0.6) is 11.5 Å². The highest BCUT2D eigenvalue weighted by molar-refractivity contribution is 5.68. The third-order valence-electron chi connectivity index (χ3n) is 6.15. The Morgan fingerprint density at radius 2 is 1.81 bits per heavy atom. The Labute approximate surface area is 157 Å². The summed E-state index contributed by atoms with van der Waals surface area (Å²) in [5, 5.41) is 7.92. The fraction of sp³-hybridized carbons (Fsp3) is 0.318. The van der Waals surface area contributed by atoms with Crippen molar-refractivity contribution in [2.75, 3.05) is 13.3 Å². The van der Waals surface area contributed by atoms with Crippen molar-refractivity contribution < 1.29 is 9.47 Å². The van der Waals surface area contributed by atoms with Gasteiger partial charge in [-0.2, -0.15) is 5.10 Å². The van der Waals surface area contributed by atoms with Crippen LogP contribution in [0.1, 0.15) is 22.4 Å². The lowest BCUT2D eigenvalue weighted by atomic mass is 9.99. The predicted octanol–water partition coefficient (Wildman–Crippen LogP) is 3.33. The lowest BCUT2D eigenvalue weighted by molar-refractivity contribution is 0.174. The van der Waals surface area contributed by atoms with E-state index >= 15 is 0 Å². The fourth-order valence-electron chi connectivity index (χ4n) is 4.70. The average molecular weight is 359 g/mol. The molecule has 0 atom stereocenters. The van der Waals surface area contributed by atoms with E-state index in [-0.39, 0.29) is 0 Å². The minimum atomic E-state index is 0.299. The average Bonchev–Trinajstić information content (AvgIpc) is 3.43. The second-order valence-electron chi connectivity index (χ2n) is 7.65. The molecule has 1 N–H and O–H groups in total. The molecule has 2 aromatic carbocycles. The van der Waals surface area contributed by atoms with Crippen LogP contribution in [0.25, 0.3) is 11.3 Å². The van der Waals surface area contributed by atoms with Crippen molar-refractivity contribution in [3.63, 3.8) is 0 Å². The first-order valence-electron chi connectivity index (χ1n) is 9.62. The Morgan fingerprint density at radius 1 is 1.00 bits per heavy atom. The van der Waals surface area contributed by atoms with Gasteiger partial charge in [0, 0.05) is 42.4 Å². The molecular formula is C22H21N3O2. The maximum absolute atomic E-state index is 5.55. The molecule has 0 spiro atoms. The highest BCUT2D eigenvalue weighted by Crippen LogP contribution is 2.38. The van der Waals surface area contributed by atoms with E-state index in [1.54, 1.807) is 0 Å². The molecule has 3 aromatic rings. The number of nitrogens with zero attached hydrogens (tertiary/aromatic N) is 2. The molecule has 1 aliphatic carbocycles. The summed E-state index contributed by atoms with van der Waals surface area (Å²) in [6.07, 6.45) is 3.34. The fourth-order valence-corrected chi connectivity index (χ4v) is 4.70. The molecule has 0 unspecified atom stereocenters. The van der Waals surface area contributed by atoms with Crippen molar-refractivity contribution in [2.45, 2.75) is 31.8 Å². The van der Waals surface area contributed by atoms with Crippen molar-refractivity contribution in [3.05, 3.63) is 64.8 Å². The molecule has 3 aliphatic rings. The first-order valence-corrected chi connectivity index (χ1v) is 9.62. The first kappa shape index (κ1) is 15.3. The molecule has 1 aromatic heterocycles. The van der Waals surface area contributed by atoms with Crippen LogP contribution < -0.4 is 9.47 Å². The van der Waals surface area contributed by atoms with Gasteiger partial charge >= 0.3 is 0 Å². The van der Waals surface area contributed by atoms with Crippen molar-refractivity contribution >= 4 is 0 Å². The zero-order valence-electron chi connectivity index (χ0n) is 15.1. The summed E-state index contributed by atoms with van der Waals surface area (Å²) in [5.41, 5.74) is 7.76. The SMILES string of the molecule is c1ccc2c(c1)CC(N1CCc3[nH]nc(-c4ccc5c(c4)OCO5)c3C1)C2. The molecule has 5 heteroatoms. The van der Waals surface area contributed by atoms with Gasteiger partial charge in [0.2, 0.25) is 6.79 Å². The summed E-state index contributed by atoms with van der Waals surface area (Å²) < 4.78 is 11.0. The summed E-state index contributed by atoms with van der Waals surface area (Å²) >= 11 is 0. The van der Waals surface area contributed by atoms with E-state index in [1.807, 2.05) is 12.1 Å². The predicted molar refractivity (Wildman–Crippen MR) is 102 cm³/mol. The molecule has 0 amide bonds. The van der Waals surface area contributed by atoms with E-state index in [2.05, 4.69) is 45.4 Å². The number of hydrogen-bond acceptors (Lipinski definition) is 4. The van der Waals surface area contributed by atoms with Crippen molar-refractivity contribution in [1.29, 1.82) is 0 Å². The Morgan fingerprint density at radius 3 is 2.67 bits per heavy atom. The summed E-state index contributed by atoms with van der Waals surface area (Å²) in [5.74, 6) is 1.62. The van der Waals surface area contributed by atoms with Crippen molar-refractivity contribution in [3.8, 4) is 22.8 Å². The zero-order valence-corrected chi connectivity index (χ0v) is 15.1. The number of benzene rings is 2. The number of H-pyrrole nitrogens is 1. The minimum absolute atomic E-state index is 0.299. The van der Waals surface area contributed by atoms with Gasteiger partial charge in [-0.1, -0.05) is 24.3 Å². The zero-order chi connectivity index (χ0) is 17.8. The van der Waals surface area contributed by atoms with E-state index in [4.69, 9.17) is 9.47 Å². The summed E-state index contributed by atoms with van der Waals surface area (Å²) in [7, 11) is 0. The first-order chi connectivity index (χ1) is 13.3. The van der Waals surface area contributed by atoms with Gasteiger partial charge in [0.25, 0.3) is 0 Å². The van der Waals surface area contributed by atoms with E-state index in [0.717, 1.165) is 55.1 Å². The van der Waals surface area contributed by atoms with Gasteiger partial charge in [-0.15, -0.1) is 0 Å². The summed E-state index contributed by atoms with van der Waals surface area (Å²) in [4.78, 5) is 2.63. The molecule has 6 rings (SSSR count). The monoisotopic (exact) mass is 359 g/mol. The largest absolute Gasteiger partial charge is 0.454 e. The molecule has 0 fully saturated rings. The second kappa shape index (κ2) is 5.86. The highest BCUT2D eigenvalue weighted by atomic mass is 16.7. The lowest BCUT2D eigenvalue weighted by Gasteiger charge is -2.32. The van der Waals surface area contributed by atoms with E-state index in [0.29, 0.717) is 12.8 Å². The standard InChI is InChI=1S/C22H21N3O2/c1-2-4-15-10-17(9-14(15)3-1)25-8-7-19-18(12-25)22(24-23-19)16-5-6-20-21(11-16)27-13-26-20/h1-6,11,17H,7-10,12-13H2,(H,23,24). The topological polar surface area (TPSA) is 50.4 Å². The quantitative estimate of drug-likeness (QED) is 0.763. The van der Waals surface area contributed by atoms with Crippen molar-refractivity contribution in [2.24, 2.45) is 0 Å². The molecule has 5 nitrogen and oxygen atoms in total. The van der Waals surface area contributed by atoms with Crippen LogP contribution in [0.2, 0.25) is 0 Å². The number of fused-ring (bicyclic) bond motifs is 3. The Balaban J connectivity index is 1.29. The number of aromatic nitrogens is 2. The van der Waals surface area contributed by atoms with E-state index < -0.39 is 0 Å². The number of rotatable bonds is 2. The summed E-state index contributed by atoms with van der Waals surface area (Å²) in [6.45, 7) is 2.34. The maximum Gasteiger partial charge on any atom is 0.231 e. The third-order valence-corrected chi connectivity index (χ3v) is 6.15. The molecule has 136 valence electrons. The van der Waals surface area contributed by atoms with Crippen LogP contribution in [-0.4, -0.2) is 34.5 Å². The molecule has 0 bridgehead atoms. The van der Waals surface area contributed by atoms with Gasteiger partial charge in [-0.05, 0) is 42.2 Å². The summed E-state index contributed by atoms with van der Waals surface area (Å²) in [6, 6.07) is 15.6. The van der Waals surface area contributed by atoms with Gasteiger partial charge in [-0.3, -0.25) is 10.00 Å². The van der Waals surface area contributed by atoms with Gasteiger partial charge in [0.15, 0.2) is 11.5 Å². The third kappa shape index (κ3) is 2.46. The van der Waals surface area contributed by atoms with Gasteiger partial charge in [0.05, 0.1) is 5.69 Å². The van der Waals surface area contributed by atoms with Crippen LogP contribution in [0.3, 0.4) is 0 Å². The molecule has 27 heavy (non-hydrogen) atoms. The van der Waals surface area contributed by atoms with Gasteiger partial charge in [-0.25, -0.2) is 0 Å². The van der Waals surface area contributed by atoms with Crippen LogP contribution in [0.4, 0.5) is 0 Å². The van der Waals surface area contributed by atoms with Crippen molar-refractivity contribution in [1.82, 2.24) is 15.1 Å². The molecule has 0 radical (unpaired) electrons. The second-order valence-corrected chi connectivity index (χ2v) is 7.65. The molecule has 0 saturated carbocycles.